The van der Waals surface area contributed by atoms with Crippen LogP contribution in [-0.4, -0.2) is 17.1 Å². The zero-order valence-corrected chi connectivity index (χ0v) is 8.25. The zero-order valence-electron chi connectivity index (χ0n) is 8.25. The Morgan fingerprint density at radius 2 is 2.29 bits per heavy atom. The molecule has 1 aromatic rings. The van der Waals surface area contributed by atoms with Crippen molar-refractivity contribution in [1.82, 2.24) is 4.98 Å². The summed E-state index contributed by atoms with van der Waals surface area (Å²) in [7, 11) is 0. The first-order chi connectivity index (χ1) is 6.54. The Labute approximate surface area is 82.1 Å². The third-order valence-electron chi connectivity index (χ3n) is 2.63. The molecule has 0 spiro atoms. The molecule has 1 atom stereocenters. The van der Waals surface area contributed by atoms with E-state index in [2.05, 4.69) is 4.98 Å². The van der Waals surface area contributed by atoms with Gasteiger partial charge in [0, 0.05) is 6.54 Å². The molecule has 2 heterocycles. The number of nitrogens with two attached hydrogens (primary N) is 1. The predicted molar refractivity (Wildman–Crippen MR) is 50.7 cm³/mol. The summed E-state index contributed by atoms with van der Waals surface area (Å²) in [6, 6.07) is 2.91. The van der Waals surface area contributed by atoms with E-state index in [0.717, 1.165) is 0 Å². The topological polar surface area (TPSA) is 48.1 Å². The summed E-state index contributed by atoms with van der Waals surface area (Å²) in [4.78, 5) is 3.83. The van der Waals surface area contributed by atoms with Crippen LogP contribution in [0.3, 0.4) is 0 Å². The summed E-state index contributed by atoms with van der Waals surface area (Å²) in [5.41, 5.74) is 5.88. The molecule has 0 radical (unpaired) electrons. The molecule has 1 aliphatic rings. The average molecular weight is 196 g/mol. The Bertz CT molecular complexity index is 365. The van der Waals surface area contributed by atoms with E-state index in [1.54, 1.807) is 6.07 Å². The van der Waals surface area contributed by atoms with Crippen molar-refractivity contribution in [3.05, 3.63) is 23.8 Å². The quantitative estimate of drug-likeness (QED) is 0.691. The number of hydrogen-bond acceptors (Lipinski definition) is 3. The molecule has 0 bridgehead atoms. The maximum absolute atomic E-state index is 12.9. The monoisotopic (exact) mass is 196 g/mol. The second kappa shape index (κ2) is 2.92. The number of halogens is 1. The SMILES string of the molecule is CC1(C)Oc2ccc(F)nc2C1CN. The van der Waals surface area contributed by atoms with Gasteiger partial charge in [-0.05, 0) is 26.0 Å². The van der Waals surface area contributed by atoms with Gasteiger partial charge < -0.3 is 10.5 Å². The first-order valence-corrected chi connectivity index (χ1v) is 4.60. The van der Waals surface area contributed by atoms with Gasteiger partial charge in [0.2, 0.25) is 5.95 Å². The van der Waals surface area contributed by atoms with E-state index in [4.69, 9.17) is 10.5 Å². The van der Waals surface area contributed by atoms with Gasteiger partial charge in [-0.2, -0.15) is 4.39 Å². The summed E-state index contributed by atoms with van der Waals surface area (Å²) < 4.78 is 18.6. The van der Waals surface area contributed by atoms with Crippen LogP contribution in [0.15, 0.2) is 12.1 Å². The lowest BCUT2D eigenvalue weighted by Gasteiger charge is -2.24. The normalized spacial score (nSPS) is 23.0. The predicted octanol–water partition coefficient (Wildman–Crippen LogP) is 1.43. The molecule has 14 heavy (non-hydrogen) atoms. The smallest absolute Gasteiger partial charge is 0.213 e. The van der Waals surface area contributed by atoms with Crippen LogP contribution in [0.1, 0.15) is 25.5 Å². The summed E-state index contributed by atoms with van der Waals surface area (Å²) in [6.45, 7) is 4.28. The van der Waals surface area contributed by atoms with Crippen molar-refractivity contribution >= 4 is 0 Å². The van der Waals surface area contributed by atoms with Crippen molar-refractivity contribution in [1.29, 1.82) is 0 Å². The van der Waals surface area contributed by atoms with Gasteiger partial charge in [-0.15, -0.1) is 0 Å². The summed E-state index contributed by atoms with van der Waals surface area (Å²) in [5, 5.41) is 0. The zero-order chi connectivity index (χ0) is 10.3. The number of ether oxygens (including phenoxy) is 1. The van der Waals surface area contributed by atoms with Crippen molar-refractivity contribution in [2.45, 2.75) is 25.4 Å². The fourth-order valence-corrected chi connectivity index (χ4v) is 1.85. The van der Waals surface area contributed by atoms with Crippen molar-refractivity contribution in [2.24, 2.45) is 5.73 Å². The standard InChI is InChI=1S/C10H13FN2O/c1-10(2)6(5-12)9-7(14-10)3-4-8(11)13-9/h3-4,6H,5,12H2,1-2H3. The minimum absolute atomic E-state index is 0.0341. The van der Waals surface area contributed by atoms with Gasteiger partial charge in [0.25, 0.3) is 0 Å². The van der Waals surface area contributed by atoms with Gasteiger partial charge in [0.15, 0.2) is 0 Å². The van der Waals surface area contributed by atoms with Crippen LogP contribution < -0.4 is 10.5 Å². The minimum atomic E-state index is -0.483. The van der Waals surface area contributed by atoms with Crippen LogP contribution in [0.4, 0.5) is 4.39 Å². The molecule has 3 nitrogen and oxygen atoms in total. The Morgan fingerprint density at radius 1 is 1.57 bits per heavy atom. The van der Waals surface area contributed by atoms with Gasteiger partial charge in [0.05, 0.1) is 11.6 Å². The number of nitrogens with zero attached hydrogens (tertiary/aromatic N) is 1. The molecule has 1 aromatic heterocycles. The molecule has 4 heteroatoms. The molecule has 0 saturated heterocycles. The third-order valence-corrected chi connectivity index (χ3v) is 2.63. The fraction of sp³-hybridized carbons (Fsp3) is 0.500. The van der Waals surface area contributed by atoms with E-state index in [0.29, 0.717) is 18.0 Å². The largest absolute Gasteiger partial charge is 0.485 e. The van der Waals surface area contributed by atoms with Crippen molar-refractivity contribution < 1.29 is 9.13 Å². The minimum Gasteiger partial charge on any atom is -0.485 e. The highest BCUT2D eigenvalue weighted by molar-refractivity contribution is 5.37. The Hall–Kier alpha value is -1.16. The summed E-state index contributed by atoms with van der Waals surface area (Å²) >= 11 is 0. The van der Waals surface area contributed by atoms with Crippen molar-refractivity contribution in [2.75, 3.05) is 6.54 Å². The van der Waals surface area contributed by atoms with E-state index < -0.39 is 11.5 Å². The van der Waals surface area contributed by atoms with Crippen LogP contribution in [0, 0.1) is 5.95 Å². The van der Waals surface area contributed by atoms with Gasteiger partial charge >= 0.3 is 0 Å². The maximum Gasteiger partial charge on any atom is 0.213 e. The molecule has 0 saturated carbocycles. The number of hydrogen-bond donors (Lipinski definition) is 1. The van der Waals surface area contributed by atoms with Crippen LogP contribution in [-0.2, 0) is 0 Å². The fourth-order valence-electron chi connectivity index (χ4n) is 1.85. The third kappa shape index (κ3) is 1.26. The molecular formula is C10H13FN2O. The highest BCUT2D eigenvalue weighted by atomic mass is 19.1. The van der Waals surface area contributed by atoms with Crippen LogP contribution in [0.25, 0.3) is 0 Å². The molecule has 2 N–H and O–H groups in total. The molecule has 0 aliphatic carbocycles. The number of aromatic nitrogens is 1. The first-order valence-electron chi connectivity index (χ1n) is 4.60. The Kier molecular flexibility index (Phi) is 1.96. The lowest BCUT2D eigenvalue weighted by atomic mass is 9.90. The van der Waals surface area contributed by atoms with E-state index in [1.165, 1.54) is 6.07 Å². The molecule has 0 aromatic carbocycles. The van der Waals surface area contributed by atoms with Gasteiger partial charge in [-0.3, -0.25) is 0 Å². The molecule has 1 unspecified atom stereocenters. The Balaban J connectivity index is 2.49. The molecule has 0 amide bonds. The highest BCUT2D eigenvalue weighted by Gasteiger charge is 2.41. The van der Waals surface area contributed by atoms with E-state index in [-0.39, 0.29) is 5.92 Å². The number of rotatable bonds is 1. The molecule has 0 fully saturated rings. The first kappa shape index (κ1) is 9.40. The van der Waals surface area contributed by atoms with Crippen molar-refractivity contribution in [3.63, 3.8) is 0 Å². The van der Waals surface area contributed by atoms with E-state index in [9.17, 15) is 4.39 Å². The highest BCUT2D eigenvalue weighted by Crippen LogP contribution is 2.42. The van der Waals surface area contributed by atoms with E-state index in [1.807, 2.05) is 13.8 Å². The second-order valence-corrected chi connectivity index (χ2v) is 4.01. The van der Waals surface area contributed by atoms with Crippen molar-refractivity contribution in [3.8, 4) is 5.75 Å². The summed E-state index contributed by atoms with van der Waals surface area (Å²) in [5.74, 6) is 0.128. The number of fused-ring (bicyclic) bond motifs is 1. The molecule has 2 rings (SSSR count). The lowest BCUT2D eigenvalue weighted by Crippen LogP contribution is -2.34. The molecular weight excluding hydrogens is 183 g/mol. The second-order valence-electron chi connectivity index (χ2n) is 4.01. The summed E-state index contributed by atoms with van der Waals surface area (Å²) in [6.07, 6.45) is 0. The average Bonchev–Trinajstić information content (AvgIpc) is 2.34. The lowest BCUT2D eigenvalue weighted by molar-refractivity contribution is 0.112. The van der Waals surface area contributed by atoms with Gasteiger partial charge in [-0.1, -0.05) is 0 Å². The van der Waals surface area contributed by atoms with Gasteiger partial charge in [-0.25, -0.2) is 4.98 Å². The van der Waals surface area contributed by atoms with Crippen LogP contribution >= 0.6 is 0 Å². The maximum atomic E-state index is 12.9. The van der Waals surface area contributed by atoms with Crippen LogP contribution in [0.2, 0.25) is 0 Å². The van der Waals surface area contributed by atoms with Crippen LogP contribution in [0.5, 0.6) is 5.75 Å². The molecule has 1 aliphatic heterocycles. The number of pyridine rings is 1. The van der Waals surface area contributed by atoms with Gasteiger partial charge in [0.1, 0.15) is 11.4 Å². The Morgan fingerprint density at radius 3 is 2.93 bits per heavy atom. The van der Waals surface area contributed by atoms with E-state index >= 15 is 0 Å². The molecule has 76 valence electrons.